The third-order valence-electron chi connectivity index (χ3n) is 4.87. The molecule has 0 radical (unpaired) electrons. The smallest absolute Gasteiger partial charge is 0.190 e. The van der Waals surface area contributed by atoms with E-state index in [0.717, 1.165) is 55.8 Å². The van der Waals surface area contributed by atoms with Crippen LogP contribution in [0.4, 0.5) is 0 Å². The van der Waals surface area contributed by atoms with E-state index in [9.17, 15) is 0 Å². The maximum Gasteiger partial charge on any atom is 0.190 e. The number of thioether (sulfide) groups is 1. The van der Waals surface area contributed by atoms with Gasteiger partial charge >= 0.3 is 0 Å². The van der Waals surface area contributed by atoms with Gasteiger partial charge in [-0.1, -0.05) is 55.9 Å². The lowest BCUT2D eigenvalue weighted by atomic mass is 10.1. The van der Waals surface area contributed by atoms with E-state index in [1.165, 1.54) is 5.56 Å². The van der Waals surface area contributed by atoms with E-state index in [1.807, 2.05) is 18.2 Å². The first-order chi connectivity index (χ1) is 15.0. The molecule has 1 aromatic heterocycles. The molecule has 2 rings (SSSR count). The van der Waals surface area contributed by atoms with Crippen LogP contribution in [0.1, 0.15) is 51.1 Å². The molecule has 0 aliphatic heterocycles. The quantitative estimate of drug-likeness (QED) is 0.120. The van der Waals surface area contributed by atoms with Gasteiger partial charge in [0.05, 0.1) is 6.10 Å². The number of benzene rings is 1. The molecule has 7 nitrogen and oxygen atoms in total. The first kappa shape index (κ1) is 28.7. The van der Waals surface area contributed by atoms with Crippen molar-refractivity contribution in [2.24, 2.45) is 10.9 Å². The van der Waals surface area contributed by atoms with Crippen LogP contribution in [0.3, 0.4) is 0 Å². The van der Waals surface area contributed by atoms with E-state index < -0.39 is 0 Å². The van der Waals surface area contributed by atoms with Gasteiger partial charge in [-0.15, -0.1) is 34.2 Å². The molecule has 0 aliphatic carbocycles. The van der Waals surface area contributed by atoms with Gasteiger partial charge in [-0.2, -0.15) is 0 Å². The molecular formula is C23H39IN6OS. The van der Waals surface area contributed by atoms with Crippen molar-refractivity contribution >= 4 is 41.7 Å². The summed E-state index contributed by atoms with van der Waals surface area (Å²) >= 11 is 1.65. The van der Waals surface area contributed by atoms with E-state index >= 15 is 0 Å². The molecule has 1 unspecified atom stereocenters. The minimum atomic E-state index is 0. The Morgan fingerprint density at radius 1 is 1.09 bits per heavy atom. The number of hydrogen-bond acceptors (Lipinski definition) is 5. The highest BCUT2D eigenvalue weighted by molar-refractivity contribution is 14.0. The van der Waals surface area contributed by atoms with Crippen LogP contribution in [-0.4, -0.2) is 53.7 Å². The highest BCUT2D eigenvalue weighted by atomic mass is 127. The molecule has 0 saturated carbocycles. The number of aryl methyl sites for hydroxylation is 1. The number of ether oxygens (including phenoxy) is 1. The molecule has 1 heterocycles. The Morgan fingerprint density at radius 2 is 1.78 bits per heavy atom. The van der Waals surface area contributed by atoms with Gasteiger partial charge in [0.1, 0.15) is 5.82 Å². The first-order valence-electron chi connectivity index (χ1n) is 11.1. The summed E-state index contributed by atoms with van der Waals surface area (Å²) in [6.07, 6.45) is 4.96. The molecule has 0 amide bonds. The summed E-state index contributed by atoms with van der Waals surface area (Å²) in [5, 5.41) is 16.4. The lowest BCUT2D eigenvalue weighted by Crippen LogP contribution is -2.38. The van der Waals surface area contributed by atoms with Crippen molar-refractivity contribution in [1.29, 1.82) is 0 Å². The van der Waals surface area contributed by atoms with Crippen LogP contribution < -0.4 is 10.6 Å². The van der Waals surface area contributed by atoms with Gasteiger partial charge in [-0.05, 0) is 37.5 Å². The molecule has 9 heteroatoms. The van der Waals surface area contributed by atoms with Crippen molar-refractivity contribution in [3.63, 3.8) is 0 Å². The molecular weight excluding hydrogens is 535 g/mol. The Hall–Kier alpha value is -1.33. The number of nitrogens with one attached hydrogen (secondary N) is 2. The molecule has 0 bridgehead atoms. The van der Waals surface area contributed by atoms with Gasteiger partial charge < -0.3 is 19.9 Å². The Labute approximate surface area is 214 Å². The minimum absolute atomic E-state index is 0. The Kier molecular flexibility index (Phi) is 14.6. The Balaban J connectivity index is 0.00000512. The van der Waals surface area contributed by atoms with Gasteiger partial charge in [-0.25, -0.2) is 0 Å². The molecule has 0 spiro atoms. The number of rotatable bonds is 13. The van der Waals surface area contributed by atoms with Crippen LogP contribution in [-0.2, 0) is 17.7 Å². The number of hydrogen-bond donors (Lipinski definition) is 2. The summed E-state index contributed by atoms with van der Waals surface area (Å²) in [5.74, 6) is 2.46. The SMILES string of the molecule is CN=C(NCCCOC(C)c1ccccc1)NCCCc1nnc(SC)n1CC(C)C.I. The number of aromatic nitrogens is 3. The standard InChI is InChI=1S/C23H38N6OS.HI/c1-18(2)17-29-21(27-28-23(29)31-5)13-9-14-25-22(24-4)26-15-10-16-30-19(3)20-11-7-6-8-12-20;/h6-8,11-12,18-19H,9-10,13-17H2,1-5H3,(H2,24,25,26);1H. The van der Waals surface area contributed by atoms with Crippen LogP contribution in [0.2, 0.25) is 0 Å². The van der Waals surface area contributed by atoms with Crippen LogP contribution in [0.25, 0.3) is 0 Å². The van der Waals surface area contributed by atoms with E-state index in [-0.39, 0.29) is 30.1 Å². The molecule has 32 heavy (non-hydrogen) atoms. The van der Waals surface area contributed by atoms with Gasteiger partial charge in [0.15, 0.2) is 11.1 Å². The number of guanidine groups is 1. The summed E-state index contributed by atoms with van der Waals surface area (Å²) in [6.45, 7) is 9.86. The second kappa shape index (κ2) is 16.3. The average molecular weight is 575 g/mol. The Morgan fingerprint density at radius 3 is 2.41 bits per heavy atom. The molecule has 180 valence electrons. The van der Waals surface area contributed by atoms with Crippen LogP contribution in [0.15, 0.2) is 40.5 Å². The Bertz CT molecular complexity index is 784. The third kappa shape index (κ3) is 10.1. The lowest BCUT2D eigenvalue weighted by Gasteiger charge is -2.15. The average Bonchev–Trinajstić information content (AvgIpc) is 3.16. The van der Waals surface area contributed by atoms with E-state index in [2.05, 4.69) is 69.6 Å². The fourth-order valence-electron chi connectivity index (χ4n) is 3.24. The van der Waals surface area contributed by atoms with Crippen LogP contribution in [0, 0.1) is 5.92 Å². The fraction of sp³-hybridized carbons (Fsp3) is 0.609. The van der Waals surface area contributed by atoms with E-state index in [0.29, 0.717) is 12.5 Å². The maximum atomic E-state index is 5.92. The van der Waals surface area contributed by atoms with Crippen molar-refractivity contribution in [3.8, 4) is 0 Å². The fourth-order valence-corrected chi connectivity index (χ4v) is 3.76. The van der Waals surface area contributed by atoms with E-state index in [4.69, 9.17) is 4.74 Å². The summed E-state index contributed by atoms with van der Waals surface area (Å²) < 4.78 is 8.17. The molecule has 0 aliphatic rings. The normalized spacial score (nSPS) is 12.5. The predicted molar refractivity (Wildman–Crippen MR) is 145 cm³/mol. The second-order valence-electron chi connectivity index (χ2n) is 7.91. The summed E-state index contributed by atoms with van der Waals surface area (Å²) in [6, 6.07) is 10.3. The zero-order chi connectivity index (χ0) is 22.5. The highest BCUT2D eigenvalue weighted by Crippen LogP contribution is 2.17. The van der Waals surface area contributed by atoms with Crippen molar-refractivity contribution in [3.05, 3.63) is 41.7 Å². The zero-order valence-electron chi connectivity index (χ0n) is 20.0. The summed E-state index contributed by atoms with van der Waals surface area (Å²) in [4.78, 5) is 4.30. The van der Waals surface area contributed by atoms with Crippen molar-refractivity contribution in [2.45, 2.75) is 57.8 Å². The monoisotopic (exact) mass is 574 g/mol. The maximum absolute atomic E-state index is 5.92. The number of nitrogens with zero attached hydrogens (tertiary/aromatic N) is 4. The molecule has 2 aromatic rings. The van der Waals surface area contributed by atoms with Gasteiger partial charge in [0.2, 0.25) is 0 Å². The minimum Gasteiger partial charge on any atom is -0.374 e. The summed E-state index contributed by atoms with van der Waals surface area (Å²) in [5.41, 5.74) is 1.21. The molecule has 1 atom stereocenters. The van der Waals surface area contributed by atoms with Crippen molar-refractivity contribution in [1.82, 2.24) is 25.4 Å². The van der Waals surface area contributed by atoms with E-state index in [1.54, 1.807) is 18.8 Å². The summed E-state index contributed by atoms with van der Waals surface area (Å²) in [7, 11) is 1.80. The second-order valence-corrected chi connectivity index (χ2v) is 8.69. The number of aliphatic imine (C=N–C) groups is 1. The van der Waals surface area contributed by atoms with Crippen molar-refractivity contribution < 1.29 is 4.74 Å². The first-order valence-corrected chi connectivity index (χ1v) is 12.3. The van der Waals surface area contributed by atoms with Gasteiger partial charge in [0.25, 0.3) is 0 Å². The highest BCUT2D eigenvalue weighted by Gasteiger charge is 2.12. The molecule has 0 saturated heterocycles. The molecule has 0 fully saturated rings. The van der Waals surface area contributed by atoms with Gasteiger partial charge in [0, 0.05) is 39.7 Å². The topological polar surface area (TPSA) is 76.4 Å². The number of halogens is 1. The largest absolute Gasteiger partial charge is 0.374 e. The van der Waals surface area contributed by atoms with Gasteiger partial charge in [-0.3, -0.25) is 4.99 Å². The molecule has 2 N–H and O–H groups in total. The predicted octanol–water partition coefficient (Wildman–Crippen LogP) is 4.54. The third-order valence-corrected chi connectivity index (χ3v) is 5.53. The van der Waals surface area contributed by atoms with Crippen LogP contribution >= 0.6 is 35.7 Å². The van der Waals surface area contributed by atoms with Crippen molar-refractivity contribution in [2.75, 3.05) is 33.0 Å². The lowest BCUT2D eigenvalue weighted by molar-refractivity contribution is 0.0646. The molecule has 1 aromatic carbocycles. The van der Waals surface area contributed by atoms with Crippen LogP contribution in [0.5, 0.6) is 0 Å². The zero-order valence-corrected chi connectivity index (χ0v) is 23.2.